The van der Waals surface area contributed by atoms with Crippen molar-refractivity contribution in [2.75, 3.05) is 0 Å². The number of hydrogen-bond acceptors (Lipinski definition) is 6. The lowest BCUT2D eigenvalue weighted by Crippen LogP contribution is -2.38. The van der Waals surface area contributed by atoms with Crippen molar-refractivity contribution in [2.24, 2.45) is 0 Å². The van der Waals surface area contributed by atoms with Gasteiger partial charge in [-0.2, -0.15) is 8.78 Å². The van der Waals surface area contributed by atoms with Gasteiger partial charge in [-0.15, -0.1) is 0 Å². The molecule has 13 heteroatoms. The highest BCUT2D eigenvalue weighted by molar-refractivity contribution is 5.60. The van der Waals surface area contributed by atoms with Gasteiger partial charge in [-0.05, 0) is 18.4 Å². The van der Waals surface area contributed by atoms with Crippen LogP contribution in [0.5, 0.6) is 0 Å². The van der Waals surface area contributed by atoms with Gasteiger partial charge in [0.2, 0.25) is 6.10 Å². The average Bonchev–Trinajstić information content (AvgIpc) is 2.56. The molecule has 27 heavy (non-hydrogen) atoms. The molecule has 1 rings (SSSR count). The number of unbranched alkanes of at least 4 members (excludes halogenated alkanes) is 1. The summed E-state index contributed by atoms with van der Waals surface area (Å²) in [5.74, 6) is -5.11. The largest absolute Gasteiger partial charge is 0.506 e. The molecule has 0 spiro atoms. The van der Waals surface area contributed by atoms with Gasteiger partial charge in [-0.25, -0.2) is 13.6 Å². The number of benzene rings is 1. The van der Waals surface area contributed by atoms with E-state index in [4.69, 9.17) is 5.11 Å². The summed E-state index contributed by atoms with van der Waals surface area (Å²) in [6.07, 6.45) is -9.57. The van der Waals surface area contributed by atoms with E-state index < -0.39 is 57.0 Å². The fourth-order valence-electron chi connectivity index (χ4n) is 2.36. The number of nitro benzene ring substituents is 2. The molecule has 1 unspecified atom stereocenters. The van der Waals surface area contributed by atoms with Crippen molar-refractivity contribution in [2.45, 2.75) is 44.6 Å². The number of carboxylic acid groups (broad SMARTS) is 1. The minimum absolute atomic E-state index is 0.214. The zero-order valence-electron chi connectivity index (χ0n) is 13.7. The van der Waals surface area contributed by atoms with Gasteiger partial charge in [0.15, 0.2) is 0 Å². The average molecular weight is 398 g/mol. The number of carbonyl (C=O) groups is 1. The van der Waals surface area contributed by atoms with Crippen LogP contribution in [0.2, 0.25) is 0 Å². The number of nitro groups is 2. The Morgan fingerprint density at radius 2 is 1.85 bits per heavy atom. The van der Waals surface area contributed by atoms with Gasteiger partial charge in [0.1, 0.15) is 0 Å². The minimum Gasteiger partial charge on any atom is -0.450 e. The topological polar surface area (TPSA) is 133 Å². The number of alkyl halides is 4. The quantitative estimate of drug-likeness (QED) is 0.280. The van der Waals surface area contributed by atoms with Crippen molar-refractivity contribution in [1.82, 2.24) is 0 Å². The molecule has 0 fully saturated rings. The van der Waals surface area contributed by atoms with E-state index >= 15 is 0 Å². The molecule has 1 aromatic rings. The van der Waals surface area contributed by atoms with Crippen LogP contribution in [0.1, 0.15) is 37.0 Å². The lowest BCUT2D eigenvalue weighted by molar-refractivity contribution is -0.395. The van der Waals surface area contributed by atoms with E-state index in [0.29, 0.717) is 18.6 Å². The van der Waals surface area contributed by atoms with E-state index in [1.807, 2.05) is 0 Å². The molecule has 9 nitrogen and oxygen atoms in total. The third kappa shape index (κ3) is 5.01. The Morgan fingerprint density at radius 3 is 2.26 bits per heavy atom. The zero-order chi connectivity index (χ0) is 20.9. The number of hydrogen-bond donors (Lipinski definition) is 1. The Morgan fingerprint density at radius 1 is 1.26 bits per heavy atom. The van der Waals surface area contributed by atoms with E-state index in [1.165, 1.54) is 0 Å². The molecule has 150 valence electrons. The van der Waals surface area contributed by atoms with Crippen LogP contribution in [0.3, 0.4) is 0 Å². The van der Waals surface area contributed by atoms with Crippen molar-refractivity contribution >= 4 is 17.5 Å². The van der Waals surface area contributed by atoms with Gasteiger partial charge in [0, 0.05) is 6.07 Å². The monoisotopic (exact) mass is 398 g/mol. The highest BCUT2D eigenvalue weighted by atomic mass is 19.3. The van der Waals surface area contributed by atoms with Crippen molar-refractivity contribution in [3.8, 4) is 0 Å². The molecule has 1 N–H and O–H groups in total. The molecule has 0 heterocycles. The number of halogens is 4. The van der Waals surface area contributed by atoms with Crippen LogP contribution in [0.25, 0.3) is 0 Å². The third-order valence-electron chi connectivity index (χ3n) is 3.56. The summed E-state index contributed by atoms with van der Waals surface area (Å²) in [6.45, 7) is 1.66. The van der Waals surface area contributed by atoms with Crippen LogP contribution in [-0.2, 0) is 11.2 Å². The highest BCUT2D eigenvalue weighted by Gasteiger charge is 2.55. The van der Waals surface area contributed by atoms with Crippen LogP contribution >= 0.6 is 0 Å². The standard InChI is InChI=1S/C14H14F4N2O7/c1-2-3-4-7-5-8(19(23)24)6-9(20(25)26)10(7)11(27-13(21)22)14(17,18)12(15)16/h5-6,11-12H,2-4H2,1H3,(H,21,22). The summed E-state index contributed by atoms with van der Waals surface area (Å²) >= 11 is 0. The lowest BCUT2D eigenvalue weighted by atomic mass is 9.92. The normalized spacial score (nSPS) is 12.7. The summed E-state index contributed by atoms with van der Waals surface area (Å²) in [7, 11) is 0. The number of rotatable bonds is 9. The number of nitrogens with zero attached hydrogens (tertiary/aromatic N) is 2. The Labute approximate surface area is 148 Å². The predicted molar refractivity (Wildman–Crippen MR) is 81.2 cm³/mol. The Balaban J connectivity index is 3.83. The molecule has 1 aromatic carbocycles. The fraction of sp³-hybridized carbons (Fsp3) is 0.500. The number of non-ortho nitro benzene ring substituents is 1. The van der Waals surface area contributed by atoms with Crippen molar-refractivity contribution in [1.29, 1.82) is 0 Å². The first-order valence-electron chi connectivity index (χ1n) is 7.44. The van der Waals surface area contributed by atoms with Crippen molar-refractivity contribution < 1.29 is 42.0 Å². The summed E-state index contributed by atoms with van der Waals surface area (Å²) < 4.78 is 57.5. The maximum absolute atomic E-state index is 14.0. The molecule has 0 aromatic heterocycles. The molecule has 0 radical (unpaired) electrons. The first kappa shape index (κ1) is 22.1. The number of ether oxygens (including phenoxy) is 1. The van der Waals surface area contributed by atoms with Gasteiger partial charge in [0.05, 0.1) is 21.5 Å². The van der Waals surface area contributed by atoms with Crippen LogP contribution < -0.4 is 0 Å². The molecule has 0 saturated carbocycles. The lowest BCUT2D eigenvalue weighted by Gasteiger charge is -2.26. The van der Waals surface area contributed by atoms with Crippen molar-refractivity contribution in [3.05, 3.63) is 43.5 Å². The van der Waals surface area contributed by atoms with E-state index in [0.717, 1.165) is 0 Å². The van der Waals surface area contributed by atoms with E-state index in [9.17, 15) is 42.6 Å². The molecular formula is C14H14F4N2O7. The Bertz CT molecular complexity index is 742. The second-order valence-electron chi connectivity index (χ2n) is 5.39. The SMILES string of the molecule is CCCCc1cc([N+](=O)[O-])cc([N+](=O)[O-])c1C(OC(=O)O)C(F)(F)C(F)F. The summed E-state index contributed by atoms with van der Waals surface area (Å²) in [6, 6.07) is 1.00. The Hall–Kier alpha value is -2.99. The molecule has 0 aliphatic carbocycles. The second-order valence-corrected chi connectivity index (χ2v) is 5.39. The van der Waals surface area contributed by atoms with E-state index in [1.54, 1.807) is 6.92 Å². The maximum Gasteiger partial charge on any atom is 0.506 e. The first-order chi connectivity index (χ1) is 12.4. The molecule has 0 bridgehead atoms. The highest BCUT2D eigenvalue weighted by Crippen LogP contribution is 2.45. The smallest absolute Gasteiger partial charge is 0.450 e. The molecule has 0 aliphatic rings. The molecule has 1 atom stereocenters. The van der Waals surface area contributed by atoms with Gasteiger partial charge in [0.25, 0.3) is 11.4 Å². The fourth-order valence-corrected chi connectivity index (χ4v) is 2.36. The molecule has 0 saturated heterocycles. The minimum atomic E-state index is -5.11. The van der Waals surface area contributed by atoms with Gasteiger partial charge >= 0.3 is 18.5 Å². The summed E-state index contributed by atoms with van der Waals surface area (Å²) in [5.41, 5.74) is -3.70. The summed E-state index contributed by atoms with van der Waals surface area (Å²) in [4.78, 5) is 30.7. The van der Waals surface area contributed by atoms with Gasteiger partial charge in [-0.1, -0.05) is 13.3 Å². The Kier molecular flexibility index (Phi) is 7.02. The predicted octanol–water partition coefficient (Wildman–Crippen LogP) is 4.48. The van der Waals surface area contributed by atoms with Crippen molar-refractivity contribution in [3.63, 3.8) is 0 Å². The molecule has 0 amide bonds. The van der Waals surface area contributed by atoms with E-state index in [2.05, 4.69) is 4.74 Å². The van der Waals surface area contributed by atoms with Gasteiger partial charge < -0.3 is 9.84 Å². The third-order valence-corrected chi connectivity index (χ3v) is 3.56. The van der Waals surface area contributed by atoms with Crippen LogP contribution in [0.4, 0.5) is 33.7 Å². The number of aryl methyl sites for hydroxylation is 1. The van der Waals surface area contributed by atoms with Crippen LogP contribution in [0.15, 0.2) is 12.1 Å². The van der Waals surface area contributed by atoms with Crippen LogP contribution in [-0.4, -0.2) is 33.5 Å². The van der Waals surface area contributed by atoms with Crippen LogP contribution in [0, 0.1) is 20.2 Å². The zero-order valence-corrected chi connectivity index (χ0v) is 13.7. The molecule has 0 aliphatic heterocycles. The van der Waals surface area contributed by atoms with E-state index in [-0.39, 0.29) is 12.8 Å². The molecular weight excluding hydrogens is 384 g/mol. The second kappa shape index (κ2) is 8.60. The van der Waals surface area contributed by atoms with Gasteiger partial charge in [-0.3, -0.25) is 20.2 Å². The summed E-state index contributed by atoms with van der Waals surface area (Å²) in [5, 5.41) is 30.9. The maximum atomic E-state index is 14.0. The first-order valence-corrected chi connectivity index (χ1v) is 7.44.